The largest absolute Gasteiger partial charge is 0.351 e. The molecule has 1 radical (unpaired) electrons. The number of carbonyl (C=O) groups is 1. The van der Waals surface area contributed by atoms with Crippen molar-refractivity contribution < 1.29 is 4.79 Å². The molecule has 0 unspecified atom stereocenters. The van der Waals surface area contributed by atoms with Crippen LogP contribution in [-0.2, 0) is 0 Å². The lowest BCUT2D eigenvalue weighted by atomic mass is 10.2. The van der Waals surface area contributed by atoms with Crippen LogP contribution < -0.4 is 5.73 Å². The summed E-state index contributed by atoms with van der Waals surface area (Å²) >= 11 is 15.7. The molecule has 3 rings (SSSR count). The summed E-state index contributed by atoms with van der Waals surface area (Å²) in [6.07, 6.45) is 4.21. The Kier molecular flexibility index (Phi) is 3.61. The maximum absolute atomic E-state index is 11.8. The number of halogens is 3. The van der Waals surface area contributed by atoms with Gasteiger partial charge in [-0.25, -0.2) is 14.3 Å². The van der Waals surface area contributed by atoms with Crippen LogP contribution >= 0.6 is 39.1 Å². The number of primary amides is 1. The first-order chi connectivity index (χ1) is 10.0. The van der Waals surface area contributed by atoms with Crippen molar-refractivity contribution in [3.63, 3.8) is 0 Å². The molecule has 1 amide bonds. The Morgan fingerprint density at radius 1 is 1.33 bits per heavy atom. The number of rotatable bonds is 1. The summed E-state index contributed by atoms with van der Waals surface area (Å²) in [4.78, 5) is 20.1. The van der Waals surface area contributed by atoms with E-state index in [0.29, 0.717) is 31.1 Å². The number of pyridine rings is 1. The Hall–Kier alpha value is -1.63. The number of nitrogens with zero attached hydrogens (tertiary/aromatic N) is 3. The number of imidazole rings is 1. The molecule has 0 aliphatic heterocycles. The standard InChI is InChI=1S/C13H6BrCl2N4O/c14-6-4-18-5-9-11(6)20(13(17)21)12(19-9)10-7(15)2-1-3-8(10)16/h1-4H,(H2,17,21). The van der Waals surface area contributed by atoms with E-state index < -0.39 is 6.03 Å². The molecule has 2 heterocycles. The number of fused-ring (bicyclic) bond motifs is 1. The van der Waals surface area contributed by atoms with Crippen LogP contribution in [0.25, 0.3) is 22.4 Å². The second-order valence-electron chi connectivity index (χ2n) is 4.12. The van der Waals surface area contributed by atoms with Crippen LogP contribution in [0.1, 0.15) is 0 Å². The Morgan fingerprint density at radius 3 is 2.62 bits per heavy atom. The highest BCUT2D eigenvalue weighted by atomic mass is 79.9. The number of amides is 1. The van der Waals surface area contributed by atoms with Gasteiger partial charge >= 0.3 is 6.03 Å². The Bertz CT molecular complexity index is 858. The van der Waals surface area contributed by atoms with Gasteiger partial charge in [-0.05, 0) is 28.1 Å². The van der Waals surface area contributed by atoms with Crippen LogP contribution in [0, 0.1) is 6.20 Å². The lowest BCUT2D eigenvalue weighted by Crippen LogP contribution is -2.20. The van der Waals surface area contributed by atoms with E-state index in [1.54, 1.807) is 18.2 Å². The SMILES string of the molecule is NC(=O)n1c(-c2c(Cl)cccc2Cl)nc2[c]ncc(Br)c21. The van der Waals surface area contributed by atoms with Crippen molar-refractivity contribution in [1.82, 2.24) is 14.5 Å². The first kappa shape index (κ1) is 14.3. The van der Waals surface area contributed by atoms with Crippen LogP contribution in [0.3, 0.4) is 0 Å². The molecule has 0 saturated heterocycles. The molecular weight excluding hydrogens is 379 g/mol. The van der Waals surface area contributed by atoms with E-state index in [4.69, 9.17) is 28.9 Å². The van der Waals surface area contributed by atoms with Gasteiger partial charge in [-0.1, -0.05) is 29.3 Å². The summed E-state index contributed by atoms with van der Waals surface area (Å²) in [6, 6.07) is 4.31. The summed E-state index contributed by atoms with van der Waals surface area (Å²) in [6.45, 7) is 0. The number of benzene rings is 1. The fraction of sp³-hybridized carbons (Fsp3) is 0. The zero-order chi connectivity index (χ0) is 15.1. The van der Waals surface area contributed by atoms with Crippen molar-refractivity contribution in [3.8, 4) is 11.4 Å². The van der Waals surface area contributed by atoms with E-state index in [2.05, 4.69) is 32.1 Å². The van der Waals surface area contributed by atoms with Crippen LogP contribution in [0.15, 0.2) is 28.9 Å². The second-order valence-corrected chi connectivity index (χ2v) is 5.79. The van der Waals surface area contributed by atoms with Crippen LogP contribution in [-0.4, -0.2) is 20.6 Å². The molecule has 1 aromatic carbocycles. The van der Waals surface area contributed by atoms with Crippen LogP contribution in [0.5, 0.6) is 0 Å². The van der Waals surface area contributed by atoms with Crippen LogP contribution in [0.4, 0.5) is 4.79 Å². The highest BCUT2D eigenvalue weighted by molar-refractivity contribution is 9.10. The smallest absolute Gasteiger partial charge is 0.325 e. The molecule has 0 atom stereocenters. The average Bonchev–Trinajstić information content (AvgIpc) is 2.79. The van der Waals surface area contributed by atoms with Gasteiger partial charge in [0.2, 0.25) is 0 Å². The van der Waals surface area contributed by atoms with Gasteiger partial charge in [-0.2, -0.15) is 0 Å². The molecule has 0 aliphatic rings. The van der Waals surface area contributed by atoms with Gasteiger partial charge in [0, 0.05) is 6.20 Å². The fourth-order valence-corrected chi connectivity index (χ4v) is 3.06. The minimum atomic E-state index is -0.705. The lowest BCUT2D eigenvalue weighted by Gasteiger charge is -2.08. The predicted octanol–water partition coefficient (Wildman–Crippen LogP) is 3.89. The Balaban J connectivity index is 2.46. The van der Waals surface area contributed by atoms with Crippen molar-refractivity contribution in [1.29, 1.82) is 0 Å². The third-order valence-electron chi connectivity index (χ3n) is 2.86. The Morgan fingerprint density at radius 2 is 2.00 bits per heavy atom. The van der Waals surface area contributed by atoms with Crippen molar-refractivity contribution in [3.05, 3.63) is 45.1 Å². The van der Waals surface area contributed by atoms with E-state index in [0.717, 1.165) is 0 Å². The zero-order valence-electron chi connectivity index (χ0n) is 10.3. The number of hydrogen-bond donors (Lipinski definition) is 1. The minimum Gasteiger partial charge on any atom is -0.351 e. The van der Waals surface area contributed by atoms with Gasteiger partial charge in [-0.3, -0.25) is 4.98 Å². The molecule has 2 N–H and O–H groups in total. The molecule has 3 aromatic rings. The Labute approximate surface area is 137 Å². The van der Waals surface area contributed by atoms with Crippen LogP contribution in [0.2, 0.25) is 10.0 Å². The quantitative estimate of drug-likeness (QED) is 0.691. The second kappa shape index (κ2) is 5.29. The van der Waals surface area contributed by atoms with Gasteiger partial charge in [0.25, 0.3) is 0 Å². The van der Waals surface area contributed by atoms with Gasteiger partial charge in [-0.15, -0.1) is 0 Å². The van der Waals surface area contributed by atoms with E-state index in [1.807, 2.05) is 0 Å². The molecule has 21 heavy (non-hydrogen) atoms. The molecule has 2 aromatic heterocycles. The van der Waals surface area contributed by atoms with E-state index in [1.165, 1.54) is 10.8 Å². The maximum Gasteiger partial charge on any atom is 0.325 e. The van der Waals surface area contributed by atoms with Gasteiger partial charge in [0.1, 0.15) is 11.7 Å². The van der Waals surface area contributed by atoms with E-state index in [9.17, 15) is 4.79 Å². The van der Waals surface area contributed by atoms with E-state index >= 15 is 0 Å². The molecule has 0 saturated carbocycles. The molecule has 0 bridgehead atoms. The first-order valence-corrected chi connectivity index (χ1v) is 7.24. The van der Waals surface area contributed by atoms with Crippen molar-refractivity contribution >= 4 is 56.2 Å². The molecule has 8 heteroatoms. The van der Waals surface area contributed by atoms with Crippen molar-refractivity contribution in [2.24, 2.45) is 5.73 Å². The number of carbonyl (C=O) groups excluding carboxylic acids is 1. The third kappa shape index (κ3) is 2.29. The molecular formula is C13H6BrCl2N4O. The third-order valence-corrected chi connectivity index (χ3v) is 4.07. The molecule has 0 fully saturated rings. The lowest BCUT2D eigenvalue weighted by molar-refractivity contribution is 0.251. The average molecular weight is 385 g/mol. The summed E-state index contributed by atoms with van der Waals surface area (Å²) in [5.74, 6) is 0.248. The van der Waals surface area contributed by atoms with Crippen molar-refractivity contribution in [2.75, 3.05) is 0 Å². The van der Waals surface area contributed by atoms with Gasteiger partial charge < -0.3 is 5.73 Å². The summed E-state index contributed by atoms with van der Waals surface area (Å²) in [7, 11) is 0. The molecule has 0 spiro atoms. The highest BCUT2D eigenvalue weighted by Crippen LogP contribution is 2.36. The maximum atomic E-state index is 11.8. The number of nitrogens with two attached hydrogens (primary N) is 1. The van der Waals surface area contributed by atoms with Gasteiger partial charge in [0.05, 0.1) is 25.6 Å². The highest BCUT2D eigenvalue weighted by Gasteiger charge is 2.22. The summed E-state index contributed by atoms with van der Waals surface area (Å²) in [5.41, 5.74) is 6.75. The summed E-state index contributed by atoms with van der Waals surface area (Å²) in [5, 5.41) is 0.730. The minimum absolute atomic E-state index is 0.248. The predicted molar refractivity (Wildman–Crippen MR) is 84.5 cm³/mol. The molecule has 105 valence electrons. The first-order valence-electron chi connectivity index (χ1n) is 5.69. The van der Waals surface area contributed by atoms with Crippen molar-refractivity contribution in [2.45, 2.75) is 0 Å². The number of aromatic nitrogens is 3. The molecule has 5 nitrogen and oxygen atoms in total. The molecule has 0 aliphatic carbocycles. The monoisotopic (exact) mass is 383 g/mol. The van der Waals surface area contributed by atoms with E-state index in [-0.39, 0.29) is 5.82 Å². The fourth-order valence-electron chi connectivity index (χ4n) is 2.02. The zero-order valence-corrected chi connectivity index (χ0v) is 13.4. The van der Waals surface area contributed by atoms with Gasteiger partial charge in [0.15, 0.2) is 5.82 Å². The normalized spacial score (nSPS) is 11.0. The summed E-state index contributed by atoms with van der Waals surface area (Å²) < 4.78 is 1.79. The topological polar surface area (TPSA) is 73.8 Å². The number of hydrogen-bond acceptors (Lipinski definition) is 3.